The van der Waals surface area contributed by atoms with Gasteiger partial charge in [0.05, 0.1) is 0 Å². The van der Waals surface area contributed by atoms with Gasteiger partial charge in [0.25, 0.3) is 0 Å². The van der Waals surface area contributed by atoms with E-state index in [1.807, 2.05) is 0 Å². The number of hydrogen-bond donors (Lipinski definition) is 0. The Hall–Kier alpha value is -0.250. The fourth-order valence-electron chi connectivity index (χ4n) is 2.70. The maximum atomic E-state index is 5.90. The summed E-state index contributed by atoms with van der Waals surface area (Å²) in [6.45, 7) is 5.84. The smallest absolute Gasteiger partial charge is 0.0485 e. The van der Waals surface area contributed by atoms with Crippen LogP contribution in [0.3, 0.4) is 0 Å². The van der Waals surface area contributed by atoms with Crippen molar-refractivity contribution < 1.29 is 0 Å². The van der Waals surface area contributed by atoms with Crippen LogP contribution in [0.15, 0.2) is 22.7 Å². The van der Waals surface area contributed by atoms with Crippen LogP contribution in [-0.4, -0.2) is 37.6 Å². The quantitative estimate of drug-likeness (QED) is 0.758. The lowest BCUT2D eigenvalue weighted by molar-refractivity contribution is 0.221. The number of nitrogens with zero attached hydrogens (tertiary/aromatic N) is 2. The summed E-state index contributed by atoms with van der Waals surface area (Å²) in [4.78, 5) is 4.94. The molecule has 0 aliphatic carbocycles. The van der Waals surface area contributed by atoms with E-state index in [2.05, 4.69) is 57.9 Å². The second kappa shape index (κ2) is 6.96. The molecule has 1 aliphatic heterocycles. The van der Waals surface area contributed by atoms with E-state index in [4.69, 9.17) is 11.6 Å². The lowest BCUT2D eigenvalue weighted by Crippen LogP contribution is -2.43. The third-order valence-electron chi connectivity index (χ3n) is 4.14. The third-order valence-corrected chi connectivity index (χ3v) is 5.17. The van der Waals surface area contributed by atoms with Crippen LogP contribution in [0.25, 0.3) is 0 Å². The van der Waals surface area contributed by atoms with Crippen molar-refractivity contribution in [1.29, 1.82) is 0 Å². The SMILES string of the molecule is CCN1CCC(N(C)c2ccc(CCl)c(Br)c2)CC1. The molecule has 1 saturated heterocycles. The fraction of sp³-hybridized carbons (Fsp3) is 0.600. The van der Waals surface area contributed by atoms with Crippen LogP contribution in [0.4, 0.5) is 5.69 Å². The molecule has 0 radical (unpaired) electrons. The summed E-state index contributed by atoms with van der Waals surface area (Å²) in [7, 11) is 2.20. The normalized spacial score (nSPS) is 17.7. The van der Waals surface area contributed by atoms with Crippen molar-refractivity contribution in [3.8, 4) is 0 Å². The Labute approximate surface area is 129 Å². The molecule has 19 heavy (non-hydrogen) atoms. The van der Waals surface area contributed by atoms with Crippen LogP contribution >= 0.6 is 27.5 Å². The molecule has 1 fully saturated rings. The molecule has 4 heteroatoms. The van der Waals surface area contributed by atoms with Gasteiger partial charge in [-0.15, -0.1) is 11.6 Å². The van der Waals surface area contributed by atoms with Crippen LogP contribution < -0.4 is 4.90 Å². The zero-order chi connectivity index (χ0) is 13.8. The molecule has 1 aromatic carbocycles. The van der Waals surface area contributed by atoms with E-state index in [-0.39, 0.29) is 0 Å². The number of benzene rings is 1. The Balaban J connectivity index is 2.03. The van der Waals surface area contributed by atoms with Gasteiger partial charge in [-0.25, -0.2) is 0 Å². The zero-order valence-corrected chi connectivity index (χ0v) is 14.0. The molecule has 0 spiro atoms. The van der Waals surface area contributed by atoms with Crippen LogP contribution in [0.5, 0.6) is 0 Å². The second-order valence-electron chi connectivity index (χ2n) is 5.19. The molecule has 1 heterocycles. The maximum absolute atomic E-state index is 5.90. The summed E-state index contributed by atoms with van der Waals surface area (Å²) in [6.07, 6.45) is 2.50. The highest BCUT2D eigenvalue weighted by Gasteiger charge is 2.22. The number of likely N-dealkylation sites (tertiary alicyclic amines) is 1. The molecule has 106 valence electrons. The summed E-state index contributed by atoms with van der Waals surface area (Å²) in [5.74, 6) is 0.555. The first-order chi connectivity index (χ1) is 9.15. The minimum absolute atomic E-state index is 0.555. The third kappa shape index (κ3) is 3.65. The van der Waals surface area contributed by atoms with E-state index in [0.717, 1.165) is 10.0 Å². The largest absolute Gasteiger partial charge is 0.371 e. The fourth-order valence-corrected chi connectivity index (χ4v) is 3.60. The standard InChI is InChI=1S/C15H22BrClN2/c1-3-19-8-6-13(7-9-19)18(2)14-5-4-12(11-17)15(16)10-14/h4-5,10,13H,3,6-9,11H2,1-2H3. The average molecular weight is 346 g/mol. The Kier molecular flexibility index (Phi) is 5.55. The lowest BCUT2D eigenvalue weighted by Gasteiger charge is -2.37. The average Bonchev–Trinajstić information content (AvgIpc) is 2.46. The number of halogens is 2. The van der Waals surface area contributed by atoms with Crippen LogP contribution in [0, 0.1) is 0 Å². The van der Waals surface area contributed by atoms with E-state index in [1.54, 1.807) is 0 Å². The van der Waals surface area contributed by atoms with Gasteiger partial charge in [0.15, 0.2) is 0 Å². The minimum atomic E-state index is 0.555. The molecule has 0 aromatic heterocycles. The molecular weight excluding hydrogens is 324 g/mol. The highest BCUT2D eigenvalue weighted by molar-refractivity contribution is 9.10. The molecule has 2 nitrogen and oxygen atoms in total. The van der Waals surface area contributed by atoms with E-state index < -0.39 is 0 Å². The molecule has 0 saturated carbocycles. The molecule has 0 amide bonds. The van der Waals surface area contributed by atoms with Gasteiger partial charge < -0.3 is 9.80 Å². The molecule has 2 rings (SSSR count). The van der Waals surface area contributed by atoms with Crippen LogP contribution in [0.1, 0.15) is 25.3 Å². The summed E-state index contributed by atoms with van der Waals surface area (Å²) in [6, 6.07) is 7.12. The Morgan fingerprint density at radius 3 is 2.58 bits per heavy atom. The highest BCUT2D eigenvalue weighted by Crippen LogP contribution is 2.28. The summed E-state index contributed by atoms with van der Waals surface area (Å²) in [5, 5.41) is 0. The zero-order valence-electron chi connectivity index (χ0n) is 11.7. The summed E-state index contributed by atoms with van der Waals surface area (Å²) in [5.41, 5.74) is 2.43. The number of rotatable bonds is 4. The number of piperidine rings is 1. The Bertz CT molecular complexity index is 417. The van der Waals surface area contributed by atoms with Gasteiger partial charge in [0.1, 0.15) is 0 Å². The first kappa shape index (κ1) is 15.1. The van der Waals surface area contributed by atoms with E-state index in [9.17, 15) is 0 Å². The monoisotopic (exact) mass is 344 g/mol. The minimum Gasteiger partial charge on any atom is -0.371 e. The molecular formula is C15H22BrClN2. The van der Waals surface area contributed by atoms with Crippen molar-refractivity contribution in [1.82, 2.24) is 4.90 Å². The van der Waals surface area contributed by atoms with Crippen molar-refractivity contribution in [2.24, 2.45) is 0 Å². The van der Waals surface area contributed by atoms with Gasteiger partial charge in [-0.3, -0.25) is 0 Å². The van der Waals surface area contributed by atoms with Crippen molar-refractivity contribution >= 4 is 33.2 Å². The molecule has 0 atom stereocenters. The van der Waals surface area contributed by atoms with Crippen molar-refractivity contribution in [3.05, 3.63) is 28.2 Å². The van der Waals surface area contributed by atoms with Crippen LogP contribution in [0.2, 0.25) is 0 Å². The number of anilines is 1. The van der Waals surface area contributed by atoms with Gasteiger partial charge in [-0.05, 0) is 37.1 Å². The van der Waals surface area contributed by atoms with Gasteiger partial charge in [0, 0.05) is 42.2 Å². The Morgan fingerprint density at radius 1 is 1.37 bits per heavy atom. The molecule has 0 unspecified atom stereocenters. The summed E-state index contributed by atoms with van der Waals surface area (Å²) < 4.78 is 1.11. The van der Waals surface area contributed by atoms with Crippen molar-refractivity contribution in [2.45, 2.75) is 31.7 Å². The summed E-state index contributed by atoms with van der Waals surface area (Å²) >= 11 is 9.50. The van der Waals surface area contributed by atoms with Crippen molar-refractivity contribution in [3.63, 3.8) is 0 Å². The van der Waals surface area contributed by atoms with E-state index in [1.165, 1.54) is 38.2 Å². The van der Waals surface area contributed by atoms with Gasteiger partial charge >= 0.3 is 0 Å². The van der Waals surface area contributed by atoms with Gasteiger partial charge in [-0.1, -0.05) is 28.9 Å². The topological polar surface area (TPSA) is 6.48 Å². The first-order valence-corrected chi connectivity index (χ1v) is 8.28. The van der Waals surface area contributed by atoms with Crippen LogP contribution in [-0.2, 0) is 5.88 Å². The van der Waals surface area contributed by atoms with Gasteiger partial charge in [-0.2, -0.15) is 0 Å². The lowest BCUT2D eigenvalue weighted by atomic mass is 10.0. The Morgan fingerprint density at radius 2 is 2.05 bits per heavy atom. The second-order valence-corrected chi connectivity index (χ2v) is 6.31. The van der Waals surface area contributed by atoms with E-state index in [0.29, 0.717) is 11.9 Å². The number of hydrogen-bond acceptors (Lipinski definition) is 2. The molecule has 1 aliphatic rings. The highest BCUT2D eigenvalue weighted by atomic mass is 79.9. The van der Waals surface area contributed by atoms with Gasteiger partial charge in [0.2, 0.25) is 0 Å². The molecule has 0 N–H and O–H groups in total. The first-order valence-electron chi connectivity index (χ1n) is 6.95. The van der Waals surface area contributed by atoms with E-state index >= 15 is 0 Å². The predicted octanol–water partition coefficient (Wildman–Crippen LogP) is 4.11. The molecule has 0 bridgehead atoms. The molecule has 1 aromatic rings. The van der Waals surface area contributed by atoms with Crippen molar-refractivity contribution in [2.75, 3.05) is 31.6 Å². The maximum Gasteiger partial charge on any atom is 0.0485 e. The number of alkyl halides is 1. The predicted molar refractivity (Wildman–Crippen MR) is 87.2 cm³/mol.